The number of para-hydroxylation sites is 1. The van der Waals surface area contributed by atoms with Crippen molar-refractivity contribution in [1.82, 2.24) is 15.5 Å². The minimum absolute atomic E-state index is 0. The van der Waals surface area contributed by atoms with E-state index in [4.69, 9.17) is 9.73 Å². The van der Waals surface area contributed by atoms with Gasteiger partial charge in [-0.25, -0.2) is 4.99 Å². The fourth-order valence-corrected chi connectivity index (χ4v) is 4.43. The molecule has 33 heavy (non-hydrogen) atoms. The normalized spacial score (nSPS) is 19.4. The minimum Gasteiger partial charge on any atom is -0.487 e. The Bertz CT molecular complexity index is 975. The lowest BCUT2D eigenvalue weighted by molar-refractivity contribution is -0.128. The van der Waals surface area contributed by atoms with Crippen molar-refractivity contribution in [2.45, 2.75) is 64.8 Å². The maximum absolute atomic E-state index is 11.9. The number of ether oxygens (including phenoxy) is 1. The topological polar surface area (TPSA) is 66.0 Å². The molecule has 1 amide bonds. The van der Waals surface area contributed by atoms with E-state index in [1.165, 1.54) is 11.1 Å². The molecule has 1 fully saturated rings. The molecule has 1 saturated heterocycles. The second-order valence-electron chi connectivity index (χ2n) is 9.23. The molecular weight excluding hydrogens is 527 g/mol. The van der Waals surface area contributed by atoms with Crippen molar-refractivity contribution in [3.05, 3.63) is 65.2 Å². The first-order valence-corrected chi connectivity index (χ1v) is 11.6. The van der Waals surface area contributed by atoms with E-state index >= 15 is 0 Å². The maximum Gasteiger partial charge on any atom is 0.222 e. The van der Waals surface area contributed by atoms with Gasteiger partial charge in [0.2, 0.25) is 5.91 Å². The molecule has 1 atom stereocenters. The molecule has 0 radical (unpaired) electrons. The van der Waals surface area contributed by atoms with Crippen LogP contribution in [0, 0.1) is 0 Å². The number of benzene rings is 2. The highest BCUT2D eigenvalue weighted by molar-refractivity contribution is 14.0. The summed E-state index contributed by atoms with van der Waals surface area (Å²) in [7, 11) is 0. The number of aliphatic imine (C=N–C) groups is 1. The molecule has 0 aliphatic carbocycles. The van der Waals surface area contributed by atoms with Gasteiger partial charge in [-0.2, -0.15) is 0 Å². The molecular formula is C26H35IN4O2. The van der Waals surface area contributed by atoms with Gasteiger partial charge in [-0.15, -0.1) is 24.0 Å². The second kappa shape index (κ2) is 11.2. The van der Waals surface area contributed by atoms with Gasteiger partial charge in [0.25, 0.3) is 0 Å². The third-order valence-corrected chi connectivity index (χ3v) is 6.02. The highest BCUT2D eigenvalue weighted by atomic mass is 127. The molecule has 6 nitrogen and oxygen atoms in total. The van der Waals surface area contributed by atoms with Crippen LogP contribution in [0.15, 0.2) is 53.5 Å². The number of likely N-dealkylation sites (tertiary alicyclic amines) is 1. The summed E-state index contributed by atoms with van der Waals surface area (Å²) < 4.78 is 6.16. The second-order valence-corrected chi connectivity index (χ2v) is 9.23. The number of halogens is 1. The van der Waals surface area contributed by atoms with E-state index in [1.807, 2.05) is 17.0 Å². The van der Waals surface area contributed by atoms with Crippen LogP contribution >= 0.6 is 24.0 Å². The molecule has 0 saturated carbocycles. The lowest BCUT2D eigenvalue weighted by Crippen LogP contribution is -2.45. The Labute approximate surface area is 214 Å². The molecule has 178 valence electrons. The first-order valence-electron chi connectivity index (χ1n) is 11.6. The van der Waals surface area contributed by atoms with Gasteiger partial charge in [0, 0.05) is 38.0 Å². The molecule has 2 aliphatic heterocycles. The van der Waals surface area contributed by atoms with Crippen LogP contribution in [0.1, 0.15) is 62.8 Å². The first-order chi connectivity index (χ1) is 15.4. The lowest BCUT2D eigenvalue weighted by atomic mass is 9.90. The van der Waals surface area contributed by atoms with E-state index < -0.39 is 0 Å². The highest BCUT2D eigenvalue weighted by Gasteiger charge is 2.34. The number of amides is 1. The van der Waals surface area contributed by atoms with Crippen LogP contribution in [0.2, 0.25) is 0 Å². The van der Waals surface area contributed by atoms with Gasteiger partial charge in [-0.05, 0) is 44.4 Å². The largest absolute Gasteiger partial charge is 0.487 e. The van der Waals surface area contributed by atoms with Crippen LogP contribution in [-0.2, 0) is 17.9 Å². The first kappa shape index (κ1) is 25.3. The Morgan fingerprint density at radius 3 is 2.58 bits per heavy atom. The van der Waals surface area contributed by atoms with Crippen LogP contribution in [-0.4, -0.2) is 35.5 Å². The van der Waals surface area contributed by atoms with Crippen molar-refractivity contribution in [2.24, 2.45) is 4.99 Å². The molecule has 2 N–H and O–H groups in total. The summed E-state index contributed by atoms with van der Waals surface area (Å²) in [4.78, 5) is 18.6. The Morgan fingerprint density at radius 1 is 1.15 bits per heavy atom. The number of rotatable bonds is 6. The molecule has 0 bridgehead atoms. The molecule has 2 aliphatic rings. The van der Waals surface area contributed by atoms with Crippen LogP contribution in [0.5, 0.6) is 5.75 Å². The Kier molecular flexibility index (Phi) is 8.62. The van der Waals surface area contributed by atoms with Gasteiger partial charge in [0.05, 0.1) is 12.6 Å². The molecule has 1 unspecified atom stereocenters. The summed E-state index contributed by atoms with van der Waals surface area (Å²) in [6, 6.07) is 16.8. The number of nitrogens with zero attached hydrogens (tertiary/aromatic N) is 2. The van der Waals surface area contributed by atoms with E-state index in [1.54, 1.807) is 0 Å². The smallest absolute Gasteiger partial charge is 0.222 e. The monoisotopic (exact) mass is 562 g/mol. The summed E-state index contributed by atoms with van der Waals surface area (Å²) >= 11 is 0. The van der Waals surface area contributed by atoms with Gasteiger partial charge in [0.15, 0.2) is 5.96 Å². The van der Waals surface area contributed by atoms with Gasteiger partial charge < -0.3 is 20.3 Å². The highest BCUT2D eigenvalue weighted by Crippen LogP contribution is 2.39. The predicted molar refractivity (Wildman–Crippen MR) is 143 cm³/mol. The average Bonchev–Trinajstić information content (AvgIpc) is 3.16. The molecule has 0 aromatic heterocycles. The minimum atomic E-state index is -0.240. The fourth-order valence-electron chi connectivity index (χ4n) is 4.43. The van der Waals surface area contributed by atoms with E-state index in [-0.39, 0.29) is 41.5 Å². The quantitative estimate of drug-likeness (QED) is 0.302. The molecule has 2 aromatic rings. The van der Waals surface area contributed by atoms with Crippen LogP contribution in [0.4, 0.5) is 0 Å². The van der Waals surface area contributed by atoms with Gasteiger partial charge in [-0.1, -0.05) is 42.5 Å². The SMILES string of the molecule is CCNC(=NCc1ccc(CN2CCCC2=O)cc1)NC1CC(C)(C)Oc2ccccc21.I. The zero-order chi connectivity index (χ0) is 22.6. The fraction of sp³-hybridized carbons (Fsp3) is 0.462. The predicted octanol–water partition coefficient (Wildman–Crippen LogP) is 4.78. The number of fused-ring (bicyclic) bond motifs is 1. The number of guanidine groups is 1. The Hall–Kier alpha value is -2.29. The summed E-state index contributed by atoms with van der Waals surface area (Å²) in [6.07, 6.45) is 2.51. The molecule has 2 heterocycles. The van der Waals surface area contributed by atoms with Crippen molar-refractivity contribution >= 4 is 35.8 Å². The maximum atomic E-state index is 11.9. The van der Waals surface area contributed by atoms with Gasteiger partial charge in [0.1, 0.15) is 11.4 Å². The molecule has 7 heteroatoms. The van der Waals surface area contributed by atoms with Crippen LogP contribution in [0.25, 0.3) is 0 Å². The van der Waals surface area contributed by atoms with Crippen molar-refractivity contribution in [3.8, 4) is 5.75 Å². The standard InChI is InChI=1S/C26H34N4O2.HI/c1-4-27-25(29-22-16-26(2,3)32-23-9-6-5-8-21(22)23)28-17-19-11-13-20(14-12-19)18-30-15-7-10-24(30)31;/h5-6,8-9,11-14,22H,4,7,10,15-18H2,1-3H3,(H2,27,28,29);1H. The summed E-state index contributed by atoms with van der Waals surface area (Å²) in [5, 5.41) is 6.99. The number of carbonyl (C=O) groups excluding carboxylic acids is 1. The van der Waals surface area contributed by atoms with Gasteiger partial charge in [-0.3, -0.25) is 4.79 Å². The number of nitrogens with one attached hydrogen (secondary N) is 2. The van der Waals surface area contributed by atoms with E-state index in [0.29, 0.717) is 19.5 Å². The zero-order valence-electron chi connectivity index (χ0n) is 19.8. The number of hydrogen-bond acceptors (Lipinski definition) is 3. The molecule has 2 aromatic carbocycles. The zero-order valence-corrected chi connectivity index (χ0v) is 22.1. The summed E-state index contributed by atoms with van der Waals surface area (Å²) in [5.74, 6) is 2.00. The lowest BCUT2D eigenvalue weighted by Gasteiger charge is -2.38. The van der Waals surface area contributed by atoms with Crippen LogP contribution in [0.3, 0.4) is 0 Å². The van der Waals surface area contributed by atoms with E-state index in [9.17, 15) is 4.79 Å². The number of carbonyl (C=O) groups is 1. The van der Waals surface area contributed by atoms with Crippen molar-refractivity contribution in [1.29, 1.82) is 0 Å². The molecule has 0 spiro atoms. The van der Waals surface area contributed by atoms with E-state index in [2.05, 4.69) is 67.8 Å². The molecule has 4 rings (SSSR count). The average molecular weight is 562 g/mol. The third kappa shape index (κ3) is 6.62. The van der Waals surface area contributed by atoms with Crippen molar-refractivity contribution in [3.63, 3.8) is 0 Å². The Morgan fingerprint density at radius 2 is 1.88 bits per heavy atom. The van der Waals surface area contributed by atoms with Gasteiger partial charge >= 0.3 is 0 Å². The summed E-state index contributed by atoms with van der Waals surface area (Å²) in [6.45, 7) is 9.28. The number of hydrogen-bond donors (Lipinski definition) is 2. The van der Waals surface area contributed by atoms with Crippen LogP contribution < -0.4 is 15.4 Å². The Balaban J connectivity index is 0.00000306. The van der Waals surface area contributed by atoms with Crippen molar-refractivity contribution in [2.75, 3.05) is 13.1 Å². The third-order valence-electron chi connectivity index (χ3n) is 6.02. The van der Waals surface area contributed by atoms with Crippen molar-refractivity contribution < 1.29 is 9.53 Å². The summed E-state index contributed by atoms with van der Waals surface area (Å²) in [5.41, 5.74) is 3.24. The van der Waals surface area contributed by atoms with E-state index in [0.717, 1.165) is 43.2 Å².